The molecule has 2 aromatic carbocycles. The number of nitro groups is 1. The third kappa shape index (κ3) is 2.82. The number of benzene rings is 2. The van der Waals surface area contributed by atoms with Gasteiger partial charge in [-0.15, -0.1) is 0 Å². The van der Waals surface area contributed by atoms with Gasteiger partial charge >= 0.3 is 0 Å². The molecule has 0 aliphatic carbocycles. The number of amides is 2. The van der Waals surface area contributed by atoms with Gasteiger partial charge in [-0.2, -0.15) is 0 Å². The van der Waals surface area contributed by atoms with E-state index in [2.05, 4.69) is 4.98 Å². The van der Waals surface area contributed by atoms with E-state index in [1.807, 2.05) is 0 Å². The minimum Gasteiger partial charge on any atom is -0.299 e. The van der Waals surface area contributed by atoms with Gasteiger partial charge in [0, 0.05) is 25.2 Å². The molecule has 2 amide bonds. The van der Waals surface area contributed by atoms with Crippen molar-refractivity contribution in [3.63, 3.8) is 0 Å². The van der Waals surface area contributed by atoms with E-state index in [-0.39, 0.29) is 36.0 Å². The summed E-state index contributed by atoms with van der Waals surface area (Å²) in [5, 5.41) is 11.1. The molecule has 0 radical (unpaired) electrons. The van der Waals surface area contributed by atoms with Gasteiger partial charge in [-0.25, -0.2) is 4.98 Å². The second-order valence-electron chi connectivity index (χ2n) is 6.36. The topological polar surface area (TPSA) is 115 Å². The molecule has 0 saturated heterocycles. The number of rotatable bonds is 5. The maximum atomic E-state index is 12.6. The molecule has 9 nitrogen and oxygen atoms in total. The average Bonchev–Trinajstić information content (AvgIpc) is 2.94. The van der Waals surface area contributed by atoms with E-state index in [1.54, 1.807) is 24.3 Å². The molecule has 4 rings (SSSR count). The summed E-state index contributed by atoms with van der Waals surface area (Å²) in [7, 11) is 0. The molecule has 3 aromatic rings. The largest absolute Gasteiger partial charge is 0.299 e. The van der Waals surface area contributed by atoms with E-state index >= 15 is 0 Å². The van der Waals surface area contributed by atoms with Crippen LogP contribution in [0.2, 0.25) is 0 Å². The van der Waals surface area contributed by atoms with Crippen LogP contribution in [0.3, 0.4) is 0 Å². The van der Waals surface area contributed by atoms with Gasteiger partial charge in [0.25, 0.3) is 23.1 Å². The van der Waals surface area contributed by atoms with Crippen LogP contribution in [0.5, 0.6) is 0 Å². The molecular weight excluding hydrogens is 364 g/mol. The molecule has 0 atom stereocenters. The van der Waals surface area contributed by atoms with Gasteiger partial charge in [-0.05, 0) is 24.6 Å². The summed E-state index contributed by atoms with van der Waals surface area (Å²) >= 11 is 0. The number of aromatic nitrogens is 2. The van der Waals surface area contributed by atoms with Crippen molar-refractivity contribution in [3.05, 3.63) is 80.4 Å². The Bertz CT molecular complexity index is 1170. The van der Waals surface area contributed by atoms with E-state index < -0.39 is 10.5 Å². The van der Waals surface area contributed by atoms with E-state index in [0.717, 1.165) is 4.90 Å². The first kappa shape index (κ1) is 17.5. The molecule has 140 valence electrons. The number of fused-ring (bicyclic) bond motifs is 2. The predicted octanol–water partition coefficient (Wildman–Crippen LogP) is 1.99. The molecule has 0 spiro atoms. The van der Waals surface area contributed by atoms with Crippen molar-refractivity contribution in [2.75, 3.05) is 6.54 Å². The first-order chi connectivity index (χ1) is 13.5. The maximum Gasteiger partial charge on any atom is 0.270 e. The Morgan fingerprint density at radius 3 is 2.29 bits per heavy atom. The van der Waals surface area contributed by atoms with Gasteiger partial charge in [-0.3, -0.25) is 34.0 Å². The highest BCUT2D eigenvalue weighted by atomic mass is 16.6. The fourth-order valence-electron chi connectivity index (χ4n) is 3.26. The van der Waals surface area contributed by atoms with Crippen molar-refractivity contribution in [1.82, 2.24) is 14.5 Å². The zero-order valence-corrected chi connectivity index (χ0v) is 14.6. The van der Waals surface area contributed by atoms with Gasteiger partial charge in [0.1, 0.15) is 0 Å². The number of aryl methyl sites for hydroxylation is 1. The summed E-state index contributed by atoms with van der Waals surface area (Å²) in [6.45, 7) is 0.379. The summed E-state index contributed by atoms with van der Waals surface area (Å²) < 4.78 is 1.32. The monoisotopic (exact) mass is 378 g/mol. The SMILES string of the molecule is O=C1c2ccccc2C(=O)N1CCCn1cnc2ccc([N+](=O)[O-])cc2c1=O. The summed E-state index contributed by atoms with van der Waals surface area (Å²) in [6.07, 6.45) is 1.71. The molecule has 1 aliphatic heterocycles. The van der Waals surface area contributed by atoms with Crippen LogP contribution in [0, 0.1) is 10.1 Å². The second-order valence-corrected chi connectivity index (χ2v) is 6.36. The van der Waals surface area contributed by atoms with Crippen LogP contribution in [-0.2, 0) is 6.54 Å². The smallest absolute Gasteiger partial charge is 0.270 e. The van der Waals surface area contributed by atoms with Crippen molar-refractivity contribution < 1.29 is 14.5 Å². The van der Waals surface area contributed by atoms with E-state index in [4.69, 9.17) is 0 Å². The standard InChI is InChI=1S/C19H14N4O5/c24-17-15-10-12(23(27)28)6-7-16(15)20-11-21(17)8-3-9-22-18(25)13-4-1-2-5-14(13)19(22)26/h1-2,4-7,10-11H,3,8-9H2. The first-order valence-electron chi connectivity index (χ1n) is 8.56. The van der Waals surface area contributed by atoms with Crippen LogP contribution in [0.4, 0.5) is 5.69 Å². The Morgan fingerprint density at radius 1 is 0.964 bits per heavy atom. The summed E-state index contributed by atoms with van der Waals surface area (Å²) in [4.78, 5) is 53.0. The van der Waals surface area contributed by atoms with Crippen LogP contribution >= 0.6 is 0 Å². The van der Waals surface area contributed by atoms with Crippen LogP contribution in [0.1, 0.15) is 27.1 Å². The van der Waals surface area contributed by atoms with Gasteiger partial charge in [0.2, 0.25) is 0 Å². The molecule has 28 heavy (non-hydrogen) atoms. The quantitative estimate of drug-likeness (QED) is 0.381. The van der Waals surface area contributed by atoms with Crippen LogP contribution in [0.25, 0.3) is 10.9 Å². The first-order valence-corrected chi connectivity index (χ1v) is 8.56. The normalized spacial score (nSPS) is 13.2. The van der Waals surface area contributed by atoms with Crippen molar-refractivity contribution in [3.8, 4) is 0 Å². The third-order valence-electron chi connectivity index (χ3n) is 4.68. The Kier molecular flexibility index (Phi) is 4.19. The van der Waals surface area contributed by atoms with Crippen LogP contribution in [0.15, 0.2) is 53.6 Å². The number of hydrogen-bond donors (Lipinski definition) is 0. The average molecular weight is 378 g/mol. The molecule has 1 aliphatic rings. The number of non-ortho nitro benzene ring substituents is 1. The van der Waals surface area contributed by atoms with Crippen molar-refractivity contribution in [1.29, 1.82) is 0 Å². The number of nitrogens with zero attached hydrogens (tertiary/aromatic N) is 4. The number of carbonyl (C=O) groups excluding carboxylic acids is 2. The molecule has 0 unspecified atom stereocenters. The fourth-order valence-corrected chi connectivity index (χ4v) is 3.26. The van der Waals surface area contributed by atoms with E-state index in [1.165, 1.54) is 29.1 Å². The second kappa shape index (κ2) is 6.69. The number of imide groups is 1. The predicted molar refractivity (Wildman–Crippen MR) is 99.1 cm³/mol. The Labute approximate surface area is 158 Å². The highest BCUT2D eigenvalue weighted by Gasteiger charge is 2.34. The number of carbonyl (C=O) groups is 2. The molecule has 9 heteroatoms. The third-order valence-corrected chi connectivity index (χ3v) is 4.68. The molecule has 0 fully saturated rings. The minimum absolute atomic E-state index is 0.150. The van der Waals surface area contributed by atoms with Crippen molar-refractivity contribution >= 4 is 28.4 Å². The van der Waals surface area contributed by atoms with Crippen molar-refractivity contribution in [2.24, 2.45) is 0 Å². The molecule has 2 heterocycles. The summed E-state index contributed by atoms with van der Waals surface area (Å²) in [5.41, 5.74) is 0.534. The lowest BCUT2D eigenvalue weighted by molar-refractivity contribution is -0.384. The van der Waals surface area contributed by atoms with Gasteiger partial charge in [-0.1, -0.05) is 12.1 Å². The summed E-state index contributed by atoms with van der Waals surface area (Å²) in [6, 6.07) is 10.5. The molecular formula is C19H14N4O5. The Balaban J connectivity index is 1.52. The minimum atomic E-state index is -0.571. The zero-order chi connectivity index (χ0) is 19.8. The van der Waals surface area contributed by atoms with E-state index in [0.29, 0.717) is 23.1 Å². The summed E-state index contributed by atoms with van der Waals surface area (Å²) in [5.74, 6) is -0.694. The number of nitro benzene ring substituents is 1. The fraction of sp³-hybridized carbons (Fsp3) is 0.158. The van der Waals surface area contributed by atoms with Crippen LogP contribution in [-0.4, -0.2) is 37.7 Å². The Hall–Kier alpha value is -3.88. The highest BCUT2D eigenvalue weighted by Crippen LogP contribution is 2.22. The molecule has 0 bridgehead atoms. The Morgan fingerprint density at radius 2 is 1.64 bits per heavy atom. The lowest BCUT2D eigenvalue weighted by atomic mass is 10.1. The van der Waals surface area contributed by atoms with Crippen LogP contribution < -0.4 is 5.56 Å². The van der Waals surface area contributed by atoms with Gasteiger partial charge < -0.3 is 0 Å². The molecule has 1 aromatic heterocycles. The lowest BCUT2D eigenvalue weighted by Crippen LogP contribution is -2.32. The van der Waals surface area contributed by atoms with Gasteiger partial charge in [0.05, 0.1) is 33.3 Å². The van der Waals surface area contributed by atoms with Gasteiger partial charge in [0.15, 0.2) is 0 Å². The van der Waals surface area contributed by atoms with Crippen molar-refractivity contribution in [2.45, 2.75) is 13.0 Å². The molecule has 0 saturated carbocycles. The molecule has 0 N–H and O–H groups in total. The zero-order valence-electron chi connectivity index (χ0n) is 14.6. The van der Waals surface area contributed by atoms with E-state index in [9.17, 15) is 24.5 Å². The highest BCUT2D eigenvalue weighted by molar-refractivity contribution is 6.21. The lowest BCUT2D eigenvalue weighted by Gasteiger charge is -2.14. The number of hydrogen-bond acceptors (Lipinski definition) is 6. The maximum absolute atomic E-state index is 12.6.